The Labute approximate surface area is 151 Å². The van der Waals surface area contributed by atoms with E-state index in [4.69, 9.17) is 10.00 Å². The van der Waals surface area contributed by atoms with E-state index in [1.54, 1.807) is 24.3 Å². The van der Waals surface area contributed by atoms with Crippen LogP contribution in [0, 0.1) is 11.3 Å². The summed E-state index contributed by atoms with van der Waals surface area (Å²) in [7, 11) is 0. The zero-order valence-electron chi connectivity index (χ0n) is 14.3. The molecule has 1 aliphatic heterocycles. The van der Waals surface area contributed by atoms with E-state index >= 15 is 0 Å². The molecule has 1 aromatic heterocycles. The highest BCUT2D eigenvalue weighted by Gasteiger charge is 2.10. The van der Waals surface area contributed by atoms with Crippen LogP contribution < -0.4 is 10.6 Å². The fourth-order valence-electron chi connectivity index (χ4n) is 2.56. The molecule has 0 radical (unpaired) electrons. The van der Waals surface area contributed by atoms with Gasteiger partial charge in [0.25, 0.3) is 5.91 Å². The Morgan fingerprint density at radius 1 is 1.27 bits per heavy atom. The molecule has 2 heterocycles. The third-order valence-corrected chi connectivity index (χ3v) is 3.98. The number of carbonyl (C=O) groups is 1. The van der Waals surface area contributed by atoms with Crippen molar-refractivity contribution in [1.82, 2.24) is 14.9 Å². The highest BCUT2D eigenvalue weighted by Crippen LogP contribution is 2.11. The summed E-state index contributed by atoms with van der Waals surface area (Å²) < 4.78 is 5.31. The molecule has 1 aliphatic rings. The molecule has 0 atom stereocenters. The maximum absolute atomic E-state index is 12.2. The highest BCUT2D eigenvalue weighted by molar-refractivity contribution is 6.03. The molecule has 1 fully saturated rings. The molecule has 0 saturated carbocycles. The minimum atomic E-state index is -0.319. The molecule has 0 aliphatic carbocycles. The number of nitrogens with zero attached hydrogens (tertiary/aromatic N) is 4. The summed E-state index contributed by atoms with van der Waals surface area (Å²) in [6.07, 6.45) is 2.96. The number of hydrogen-bond donors (Lipinski definition) is 2. The van der Waals surface area contributed by atoms with Gasteiger partial charge in [0.05, 0.1) is 30.4 Å². The highest BCUT2D eigenvalue weighted by atomic mass is 16.5. The van der Waals surface area contributed by atoms with Crippen molar-refractivity contribution in [3.8, 4) is 6.07 Å². The Morgan fingerprint density at radius 2 is 2.04 bits per heavy atom. The van der Waals surface area contributed by atoms with E-state index in [0.717, 1.165) is 39.4 Å². The first-order chi connectivity index (χ1) is 12.7. The van der Waals surface area contributed by atoms with Crippen molar-refractivity contribution in [2.75, 3.05) is 50.0 Å². The molecule has 8 heteroatoms. The number of rotatable bonds is 6. The quantitative estimate of drug-likeness (QED) is 0.809. The first-order valence-electron chi connectivity index (χ1n) is 8.42. The van der Waals surface area contributed by atoms with Crippen LogP contribution in [0.2, 0.25) is 0 Å². The monoisotopic (exact) mass is 352 g/mol. The van der Waals surface area contributed by atoms with Crippen LogP contribution in [-0.2, 0) is 4.74 Å². The Balaban J connectivity index is 1.50. The van der Waals surface area contributed by atoms with Gasteiger partial charge in [0, 0.05) is 44.3 Å². The molecule has 8 nitrogen and oxygen atoms in total. The smallest absolute Gasteiger partial charge is 0.258 e. The van der Waals surface area contributed by atoms with Gasteiger partial charge in [0.15, 0.2) is 0 Å². The molecule has 134 valence electrons. The predicted molar refractivity (Wildman–Crippen MR) is 96.9 cm³/mol. The van der Waals surface area contributed by atoms with Gasteiger partial charge in [-0.1, -0.05) is 6.07 Å². The summed E-state index contributed by atoms with van der Waals surface area (Å²) in [6.45, 7) is 5.05. The van der Waals surface area contributed by atoms with E-state index in [9.17, 15) is 4.79 Å². The van der Waals surface area contributed by atoms with Gasteiger partial charge < -0.3 is 15.4 Å². The van der Waals surface area contributed by atoms with Crippen molar-refractivity contribution in [1.29, 1.82) is 5.26 Å². The van der Waals surface area contributed by atoms with Gasteiger partial charge in [0.2, 0.25) is 5.95 Å². The number of benzene rings is 1. The molecule has 0 spiro atoms. The minimum absolute atomic E-state index is 0.319. The molecule has 0 bridgehead atoms. The lowest BCUT2D eigenvalue weighted by atomic mass is 10.2. The maximum Gasteiger partial charge on any atom is 0.258 e. The standard InChI is InChI=1S/C18H20N6O2/c19-11-14-2-1-3-16(10-14)23-17(25)15-12-21-18(22-13-15)20-4-5-24-6-8-26-9-7-24/h1-3,10,12-13H,4-9H2,(H,23,25)(H,20,21,22). The Bertz CT molecular complexity index is 781. The van der Waals surface area contributed by atoms with Crippen molar-refractivity contribution in [3.05, 3.63) is 47.8 Å². The molecule has 2 aromatic rings. The normalized spacial score (nSPS) is 14.4. The number of ether oxygens (including phenoxy) is 1. The molecule has 0 unspecified atom stereocenters. The van der Waals surface area contributed by atoms with Crippen LogP contribution in [0.25, 0.3) is 0 Å². The summed E-state index contributed by atoms with van der Waals surface area (Å²) in [5, 5.41) is 14.8. The molecule has 1 aromatic carbocycles. The van der Waals surface area contributed by atoms with Crippen LogP contribution in [0.1, 0.15) is 15.9 Å². The number of hydrogen-bond acceptors (Lipinski definition) is 7. The fraction of sp³-hybridized carbons (Fsp3) is 0.333. The number of aromatic nitrogens is 2. The van der Waals surface area contributed by atoms with Gasteiger partial charge in [-0.15, -0.1) is 0 Å². The number of nitrogens with one attached hydrogen (secondary N) is 2. The van der Waals surface area contributed by atoms with Crippen molar-refractivity contribution < 1.29 is 9.53 Å². The first kappa shape index (κ1) is 17.8. The Morgan fingerprint density at radius 3 is 2.77 bits per heavy atom. The topological polar surface area (TPSA) is 103 Å². The zero-order chi connectivity index (χ0) is 18.2. The van der Waals surface area contributed by atoms with E-state index in [0.29, 0.717) is 22.8 Å². The molecule has 26 heavy (non-hydrogen) atoms. The summed E-state index contributed by atoms with van der Waals surface area (Å²) in [5.41, 5.74) is 1.40. The van der Waals surface area contributed by atoms with Gasteiger partial charge in [-0.3, -0.25) is 9.69 Å². The van der Waals surface area contributed by atoms with E-state index in [1.807, 2.05) is 6.07 Å². The predicted octanol–water partition coefficient (Wildman–Crippen LogP) is 1.34. The van der Waals surface area contributed by atoms with Crippen molar-refractivity contribution in [3.63, 3.8) is 0 Å². The van der Waals surface area contributed by atoms with E-state index in [1.165, 1.54) is 12.4 Å². The lowest BCUT2D eigenvalue weighted by Gasteiger charge is -2.26. The van der Waals surface area contributed by atoms with Gasteiger partial charge in [-0.2, -0.15) is 5.26 Å². The maximum atomic E-state index is 12.2. The third kappa shape index (κ3) is 4.99. The molecular formula is C18H20N6O2. The van der Waals surface area contributed by atoms with Crippen LogP contribution in [-0.4, -0.2) is 60.2 Å². The van der Waals surface area contributed by atoms with E-state index in [-0.39, 0.29) is 5.91 Å². The summed E-state index contributed by atoms with van der Waals surface area (Å²) >= 11 is 0. The van der Waals surface area contributed by atoms with Crippen molar-refractivity contribution >= 4 is 17.5 Å². The Hall–Kier alpha value is -3.02. The van der Waals surface area contributed by atoms with Crippen molar-refractivity contribution in [2.24, 2.45) is 0 Å². The first-order valence-corrected chi connectivity index (χ1v) is 8.42. The second-order valence-corrected chi connectivity index (χ2v) is 5.82. The molecule has 1 amide bonds. The van der Waals surface area contributed by atoms with Gasteiger partial charge in [-0.05, 0) is 18.2 Å². The third-order valence-electron chi connectivity index (χ3n) is 3.98. The molecule has 3 rings (SSSR count). The van der Waals surface area contributed by atoms with Crippen LogP contribution in [0.4, 0.5) is 11.6 Å². The second kappa shape index (κ2) is 8.89. The number of amides is 1. The van der Waals surface area contributed by atoms with Gasteiger partial charge in [0.1, 0.15) is 0 Å². The fourth-order valence-corrected chi connectivity index (χ4v) is 2.56. The lowest BCUT2D eigenvalue weighted by molar-refractivity contribution is 0.0398. The average Bonchev–Trinajstić information content (AvgIpc) is 2.69. The number of nitriles is 1. The summed E-state index contributed by atoms with van der Waals surface area (Å²) in [5.74, 6) is 0.168. The average molecular weight is 352 g/mol. The van der Waals surface area contributed by atoms with Gasteiger partial charge >= 0.3 is 0 Å². The summed E-state index contributed by atoms with van der Waals surface area (Å²) in [6, 6.07) is 8.76. The number of morpholine rings is 1. The minimum Gasteiger partial charge on any atom is -0.379 e. The van der Waals surface area contributed by atoms with Gasteiger partial charge in [-0.25, -0.2) is 9.97 Å². The summed E-state index contributed by atoms with van der Waals surface area (Å²) in [4.78, 5) is 22.9. The Kier molecular flexibility index (Phi) is 6.09. The number of carbonyl (C=O) groups excluding carboxylic acids is 1. The molecule has 1 saturated heterocycles. The lowest BCUT2D eigenvalue weighted by Crippen LogP contribution is -2.39. The van der Waals surface area contributed by atoms with Crippen molar-refractivity contribution in [2.45, 2.75) is 0 Å². The SMILES string of the molecule is N#Cc1cccc(NC(=O)c2cnc(NCCN3CCOCC3)nc2)c1. The van der Waals surface area contributed by atoms with Crippen LogP contribution >= 0.6 is 0 Å². The molecular weight excluding hydrogens is 332 g/mol. The van der Waals surface area contributed by atoms with E-state index in [2.05, 4.69) is 25.5 Å². The number of anilines is 2. The van der Waals surface area contributed by atoms with Crippen LogP contribution in [0.15, 0.2) is 36.7 Å². The molecule has 2 N–H and O–H groups in total. The van der Waals surface area contributed by atoms with Crippen LogP contribution in [0.5, 0.6) is 0 Å². The second-order valence-electron chi connectivity index (χ2n) is 5.82. The van der Waals surface area contributed by atoms with Crippen LogP contribution in [0.3, 0.4) is 0 Å². The zero-order valence-corrected chi connectivity index (χ0v) is 14.3. The van der Waals surface area contributed by atoms with E-state index < -0.39 is 0 Å². The largest absolute Gasteiger partial charge is 0.379 e.